The zero-order valence-electron chi connectivity index (χ0n) is 11.3. The van der Waals surface area contributed by atoms with E-state index in [9.17, 15) is 9.18 Å². The van der Waals surface area contributed by atoms with E-state index in [-0.39, 0.29) is 5.91 Å². The number of morpholine rings is 1. The molecule has 1 aliphatic rings. The van der Waals surface area contributed by atoms with Crippen LogP contribution in [0.4, 0.5) is 9.52 Å². The number of carbonyl (C=O) groups excluding carboxylic acids is 1. The number of rotatable bonds is 3. The number of amides is 1. The smallest absolute Gasteiger partial charge is 0.245 e. The Balaban J connectivity index is 1.82. The molecule has 112 valence electrons. The number of methoxy groups -OCH3 is 1. The molecular formula is C13H14FN3O3S. The van der Waals surface area contributed by atoms with Gasteiger partial charge in [-0.1, -0.05) is 11.3 Å². The number of ether oxygens (including phenoxy) is 2. The summed E-state index contributed by atoms with van der Waals surface area (Å²) >= 11 is 1.20. The van der Waals surface area contributed by atoms with Crippen molar-refractivity contribution >= 4 is 32.6 Å². The Bertz CT molecular complexity index is 670. The maximum atomic E-state index is 13.4. The molecule has 2 heterocycles. The number of hydrogen-bond acceptors (Lipinski definition) is 6. The van der Waals surface area contributed by atoms with Gasteiger partial charge in [-0.3, -0.25) is 4.79 Å². The van der Waals surface area contributed by atoms with Gasteiger partial charge in [-0.15, -0.1) is 0 Å². The van der Waals surface area contributed by atoms with E-state index in [1.165, 1.54) is 30.6 Å². The van der Waals surface area contributed by atoms with Crippen LogP contribution in [0.1, 0.15) is 0 Å². The van der Waals surface area contributed by atoms with Gasteiger partial charge < -0.3 is 20.1 Å². The summed E-state index contributed by atoms with van der Waals surface area (Å²) in [6.45, 7) is 1.56. The van der Waals surface area contributed by atoms with Crippen LogP contribution >= 0.6 is 11.3 Å². The van der Waals surface area contributed by atoms with Crippen molar-refractivity contribution in [2.45, 2.75) is 6.04 Å². The number of aromatic nitrogens is 1. The fraction of sp³-hybridized carbons (Fsp3) is 0.385. The highest BCUT2D eigenvalue weighted by Crippen LogP contribution is 2.33. The van der Waals surface area contributed by atoms with Gasteiger partial charge in [0.05, 0.1) is 25.0 Å². The lowest BCUT2D eigenvalue weighted by atomic mass is 10.2. The first-order valence-corrected chi connectivity index (χ1v) is 7.25. The average molecular weight is 311 g/mol. The van der Waals surface area contributed by atoms with Crippen LogP contribution in [-0.2, 0) is 9.53 Å². The van der Waals surface area contributed by atoms with E-state index >= 15 is 0 Å². The lowest BCUT2D eigenvalue weighted by Crippen LogP contribution is -2.48. The highest BCUT2D eigenvalue weighted by Gasteiger charge is 2.22. The normalized spacial score (nSPS) is 18.7. The SMILES string of the molecule is COc1cc(F)cc2sc(NC(=O)C3COCCN3)nc12. The summed E-state index contributed by atoms with van der Waals surface area (Å²) in [5.41, 5.74) is 0.534. The number of benzene rings is 1. The van der Waals surface area contributed by atoms with Gasteiger partial charge in [-0.05, 0) is 6.07 Å². The topological polar surface area (TPSA) is 72.5 Å². The molecule has 3 rings (SSSR count). The molecule has 6 nitrogen and oxygen atoms in total. The quantitative estimate of drug-likeness (QED) is 0.896. The Kier molecular flexibility index (Phi) is 4.00. The van der Waals surface area contributed by atoms with Gasteiger partial charge in [0.1, 0.15) is 23.1 Å². The van der Waals surface area contributed by atoms with Crippen molar-refractivity contribution < 1.29 is 18.7 Å². The highest BCUT2D eigenvalue weighted by molar-refractivity contribution is 7.22. The van der Waals surface area contributed by atoms with E-state index in [2.05, 4.69) is 15.6 Å². The Morgan fingerprint density at radius 1 is 1.62 bits per heavy atom. The van der Waals surface area contributed by atoms with Crippen molar-refractivity contribution in [3.05, 3.63) is 17.9 Å². The second kappa shape index (κ2) is 5.92. The van der Waals surface area contributed by atoms with Crippen molar-refractivity contribution in [3.8, 4) is 5.75 Å². The van der Waals surface area contributed by atoms with Crippen LogP contribution in [0.25, 0.3) is 10.2 Å². The van der Waals surface area contributed by atoms with E-state index in [0.717, 1.165) is 0 Å². The number of halogens is 1. The Morgan fingerprint density at radius 3 is 3.19 bits per heavy atom. The maximum absolute atomic E-state index is 13.4. The molecule has 0 spiro atoms. The van der Waals surface area contributed by atoms with Crippen LogP contribution < -0.4 is 15.4 Å². The molecule has 1 fully saturated rings. The lowest BCUT2D eigenvalue weighted by Gasteiger charge is -2.22. The third-order valence-electron chi connectivity index (χ3n) is 3.11. The summed E-state index contributed by atoms with van der Waals surface area (Å²) in [5, 5.41) is 6.19. The van der Waals surface area contributed by atoms with Gasteiger partial charge in [0.25, 0.3) is 0 Å². The minimum atomic E-state index is -0.400. The molecule has 0 aliphatic carbocycles. The number of hydrogen-bond donors (Lipinski definition) is 2. The Labute approximate surface area is 124 Å². The molecule has 1 aliphatic heterocycles. The summed E-state index contributed by atoms with van der Waals surface area (Å²) in [6, 6.07) is 2.24. The van der Waals surface area contributed by atoms with E-state index in [1.54, 1.807) is 0 Å². The zero-order valence-corrected chi connectivity index (χ0v) is 12.1. The average Bonchev–Trinajstić information content (AvgIpc) is 2.89. The van der Waals surface area contributed by atoms with Crippen LogP contribution in [0.15, 0.2) is 12.1 Å². The van der Waals surface area contributed by atoms with Gasteiger partial charge in [0.2, 0.25) is 5.91 Å². The van der Waals surface area contributed by atoms with E-state index in [0.29, 0.717) is 40.9 Å². The molecule has 1 saturated heterocycles. The zero-order chi connectivity index (χ0) is 14.8. The fourth-order valence-corrected chi connectivity index (χ4v) is 3.01. The molecule has 1 amide bonds. The Morgan fingerprint density at radius 2 is 2.48 bits per heavy atom. The molecule has 0 saturated carbocycles. The van der Waals surface area contributed by atoms with Crippen LogP contribution in [0.3, 0.4) is 0 Å². The highest BCUT2D eigenvalue weighted by atomic mass is 32.1. The van der Waals surface area contributed by atoms with Crippen LogP contribution in [0.2, 0.25) is 0 Å². The molecule has 2 N–H and O–H groups in total. The summed E-state index contributed by atoms with van der Waals surface area (Å²) in [6.07, 6.45) is 0. The van der Waals surface area contributed by atoms with Gasteiger partial charge in [0.15, 0.2) is 5.13 Å². The molecule has 0 radical (unpaired) electrons. The Hall–Kier alpha value is -1.77. The molecule has 2 aromatic rings. The molecule has 1 unspecified atom stereocenters. The van der Waals surface area contributed by atoms with Crippen molar-refractivity contribution in [2.75, 3.05) is 32.2 Å². The summed E-state index contributed by atoms with van der Waals surface area (Å²) in [5.74, 6) is -0.266. The van der Waals surface area contributed by atoms with Crippen molar-refractivity contribution in [2.24, 2.45) is 0 Å². The van der Waals surface area contributed by atoms with Crippen LogP contribution in [0.5, 0.6) is 5.75 Å². The molecule has 1 atom stereocenters. The standard InChI is InChI=1S/C13H14FN3O3S/c1-19-9-4-7(14)5-10-11(9)16-13(21-10)17-12(18)8-6-20-3-2-15-8/h4-5,8,15H,2-3,6H2,1H3,(H,16,17,18). The summed E-state index contributed by atoms with van der Waals surface area (Å²) in [4.78, 5) is 16.4. The second-order valence-corrected chi connectivity index (χ2v) is 5.58. The van der Waals surface area contributed by atoms with Crippen LogP contribution in [-0.4, -0.2) is 43.8 Å². The van der Waals surface area contributed by atoms with E-state index < -0.39 is 11.9 Å². The lowest BCUT2D eigenvalue weighted by molar-refractivity contribution is -0.120. The third-order valence-corrected chi connectivity index (χ3v) is 4.03. The number of fused-ring (bicyclic) bond motifs is 1. The van der Waals surface area contributed by atoms with Crippen LogP contribution in [0, 0.1) is 5.82 Å². The van der Waals surface area contributed by atoms with Crippen molar-refractivity contribution in [1.82, 2.24) is 10.3 Å². The second-order valence-electron chi connectivity index (χ2n) is 4.54. The molecule has 8 heteroatoms. The molecule has 1 aromatic heterocycles. The van der Waals surface area contributed by atoms with Gasteiger partial charge in [0, 0.05) is 12.6 Å². The third kappa shape index (κ3) is 2.97. The van der Waals surface area contributed by atoms with Gasteiger partial charge >= 0.3 is 0 Å². The molecule has 1 aromatic carbocycles. The fourth-order valence-electron chi connectivity index (χ4n) is 2.10. The van der Waals surface area contributed by atoms with Gasteiger partial charge in [-0.25, -0.2) is 9.37 Å². The maximum Gasteiger partial charge on any atom is 0.245 e. The van der Waals surface area contributed by atoms with Crippen molar-refractivity contribution in [3.63, 3.8) is 0 Å². The predicted molar refractivity (Wildman–Crippen MR) is 77.4 cm³/mol. The minimum Gasteiger partial charge on any atom is -0.494 e. The largest absolute Gasteiger partial charge is 0.494 e. The first kappa shape index (κ1) is 14.2. The number of nitrogens with zero attached hydrogens (tertiary/aromatic N) is 1. The molecule has 21 heavy (non-hydrogen) atoms. The van der Waals surface area contributed by atoms with Gasteiger partial charge in [-0.2, -0.15) is 0 Å². The summed E-state index contributed by atoms with van der Waals surface area (Å²) < 4.78 is 24.4. The first-order chi connectivity index (χ1) is 10.2. The van der Waals surface area contributed by atoms with E-state index in [1.807, 2.05) is 0 Å². The van der Waals surface area contributed by atoms with Crippen molar-refractivity contribution in [1.29, 1.82) is 0 Å². The number of anilines is 1. The molecule has 0 bridgehead atoms. The minimum absolute atomic E-state index is 0.215. The molecular weight excluding hydrogens is 297 g/mol. The number of thiazole rings is 1. The summed E-state index contributed by atoms with van der Waals surface area (Å²) in [7, 11) is 1.45. The monoisotopic (exact) mass is 311 g/mol. The predicted octanol–water partition coefficient (Wildman–Crippen LogP) is 1.37. The van der Waals surface area contributed by atoms with E-state index in [4.69, 9.17) is 9.47 Å². The number of nitrogens with one attached hydrogen (secondary N) is 2. The first-order valence-electron chi connectivity index (χ1n) is 6.43. The number of carbonyl (C=O) groups is 1.